The quantitative estimate of drug-likeness (QED) is 0.835. The lowest BCUT2D eigenvalue weighted by Gasteiger charge is -2.24. The molecule has 90 valence electrons. The van der Waals surface area contributed by atoms with E-state index in [1.165, 1.54) is 6.20 Å². The highest BCUT2D eigenvalue weighted by atomic mass is 19.1. The van der Waals surface area contributed by atoms with E-state index in [0.29, 0.717) is 17.7 Å². The fraction of sp³-hybridized carbons (Fsp3) is 0.636. The van der Waals surface area contributed by atoms with Crippen LogP contribution in [0, 0.1) is 11.7 Å². The smallest absolute Gasteiger partial charge is 0.224 e. The molecule has 1 aromatic heterocycles. The second-order valence-corrected chi connectivity index (χ2v) is 4.05. The van der Waals surface area contributed by atoms with E-state index < -0.39 is 0 Å². The van der Waals surface area contributed by atoms with Crippen LogP contribution in [0.15, 0.2) is 6.20 Å². The molecule has 4 nitrogen and oxygen atoms in total. The van der Waals surface area contributed by atoms with Crippen molar-refractivity contribution in [3.8, 4) is 0 Å². The SMILES string of the molecule is CCN(CC(C)C)c1nc(NC)ncc1F. The molecule has 1 N–H and O–H groups in total. The first kappa shape index (κ1) is 12.7. The van der Waals surface area contributed by atoms with Crippen LogP contribution in [0.25, 0.3) is 0 Å². The minimum atomic E-state index is -0.374. The third-order valence-corrected chi connectivity index (χ3v) is 2.22. The second kappa shape index (κ2) is 5.63. The van der Waals surface area contributed by atoms with E-state index in [-0.39, 0.29) is 5.82 Å². The van der Waals surface area contributed by atoms with E-state index in [0.717, 1.165) is 13.1 Å². The summed E-state index contributed by atoms with van der Waals surface area (Å²) in [7, 11) is 1.72. The highest BCUT2D eigenvalue weighted by Gasteiger charge is 2.14. The summed E-state index contributed by atoms with van der Waals surface area (Å²) < 4.78 is 13.6. The molecular weight excluding hydrogens is 207 g/mol. The Bertz CT molecular complexity index is 341. The number of nitrogens with one attached hydrogen (secondary N) is 1. The molecule has 0 aromatic carbocycles. The Morgan fingerprint density at radius 2 is 2.19 bits per heavy atom. The summed E-state index contributed by atoms with van der Waals surface area (Å²) in [4.78, 5) is 9.89. The fourth-order valence-electron chi connectivity index (χ4n) is 1.51. The Morgan fingerprint density at radius 3 is 2.69 bits per heavy atom. The van der Waals surface area contributed by atoms with Crippen LogP contribution in [0.5, 0.6) is 0 Å². The first-order chi connectivity index (χ1) is 7.58. The molecule has 5 heteroatoms. The van der Waals surface area contributed by atoms with Gasteiger partial charge in [0, 0.05) is 20.1 Å². The van der Waals surface area contributed by atoms with Crippen LogP contribution in [0.2, 0.25) is 0 Å². The van der Waals surface area contributed by atoms with Gasteiger partial charge in [-0.25, -0.2) is 9.37 Å². The van der Waals surface area contributed by atoms with Crippen LogP contribution in [-0.2, 0) is 0 Å². The molecule has 0 fully saturated rings. The second-order valence-electron chi connectivity index (χ2n) is 4.05. The zero-order valence-electron chi connectivity index (χ0n) is 10.3. The molecule has 0 aliphatic heterocycles. The molecule has 1 heterocycles. The molecule has 1 aromatic rings. The highest BCUT2D eigenvalue weighted by molar-refractivity contribution is 5.43. The van der Waals surface area contributed by atoms with Gasteiger partial charge in [-0.2, -0.15) is 4.98 Å². The van der Waals surface area contributed by atoms with E-state index in [4.69, 9.17) is 0 Å². The molecule has 0 amide bonds. The van der Waals surface area contributed by atoms with Crippen molar-refractivity contribution in [3.63, 3.8) is 0 Å². The van der Waals surface area contributed by atoms with E-state index in [9.17, 15) is 4.39 Å². The fourth-order valence-corrected chi connectivity index (χ4v) is 1.51. The average Bonchev–Trinajstić information content (AvgIpc) is 2.26. The van der Waals surface area contributed by atoms with Gasteiger partial charge >= 0.3 is 0 Å². The summed E-state index contributed by atoms with van der Waals surface area (Å²) >= 11 is 0. The monoisotopic (exact) mass is 226 g/mol. The number of rotatable bonds is 5. The van der Waals surface area contributed by atoms with Crippen LogP contribution in [-0.4, -0.2) is 30.1 Å². The highest BCUT2D eigenvalue weighted by Crippen LogP contribution is 2.18. The topological polar surface area (TPSA) is 41.1 Å². The molecule has 0 aliphatic carbocycles. The van der Waals surface area contributed by atoms with Gasteiger partial charge in [-0.05, 0) is 12.8 Å². The van der Waals surface area contributed by atoms with Crippen molar-refractivity contribution in [2.75, 3.05) is 30.4 Å². The number of aromatic nitrogens is 2. The van der Waals surface area contributed by atoms with Gasteiger partial charge < -0.3 is 10.2 Å². The summed E-state index contributed by atoms with van der Waals surface area (Å²) in [5.41, 5.74) is 0. The van der Waals surface area contributed by atoms with Crippen LogP contribution < -0.4 is 10.2 Å². The van der Waals surface area contributed by atoms with Gasteiger partial charge in [0.2, 0.25) is 5.95 Å². The first-order valence-electron chi connectivity index (χ1n) is 5.53. The molecule has 0 spiro atoms. The molecule has 0 radical (unpaired) electrons. The molecule has 16 heavy (non-hydrogen) atoms. The van der Waals surface area contributed by atoms with Gasteiger partial charge in [0.15, 0.2) is 11.6 Å². The van der Waals surface area contributed by atoms with Gasteiger partial charge in [0.1, 0.15) is 0 Å². The van der Waals surface area contributed by atoms with E-state index in [1.54, 1.807) is 7.05 Å². The van der Waals surface area contributed by atoms with Gasteiger partial charge in [-0.1, -0.05) is 13.8 Å². The maximum absolute atomic E-state index is 13.6. The summed E-state index contributed by atoms with van der Waals surface area (Å²) in [6, 6.07) is 0. The van der Waals surface area contributed by atoms with Crippen LogP contribution >= 0.6 is 0 Å². The van der Waals surface area contributed by atoms with E-state index in [1.807, 2.05) is 11.8 Å². The van der Waals surface area contributed by atoms with Crippen LogP contribution in [0.4, 0.5) is 16.2 Å². The molecule has 0 unspecified atom stereocenters. The number of anilines is 2. The van der Waals surface area contributed by atoms with E-state index in [2.05, 4.69) is 29.1 Å². The zero-order chi connectivity index (χ0) is 12.1. The normalized spacial score (nSPS) is 10.6. The van der Waals surface area contributed by atoms with Crippen molar-refractivity contribution in [2.45, 2.75) is 20.8 Å². The zero-order valence-corrected chi connectivity index (χ0v) is 10.3. The minimum absolute atomic E-state index is 0.371. The Balaban J connectivity index is 2.98. The van der Waals surface area contributed by atoms with Gasteiger partial charge in [-0.15, -0.1) is 0 Å². The number of nitrogens with zero attached hydrogens (tertiary/aromatic N) is 3. The third kappa shape index (κ3) is 3.05. The maximum atomic E-state index is 13.6. The standard InChI is InChI=1S/C11H19FN4/c1-5-16(7-8(2)3)10-9(12)6-14-11(13-4)15-10/h6,8H,5,7H2,1-4H3,(H,13,14,15). The first-order valence-corrected chi connectivity index (χ1v) is 5.53. The summed E-state index contributed by atoms with van der Waals surface area (Å²) in [6.07, 6.45) is 1.21. The Kier molecular flexibility index (Phi) is 4.46. The van der Waals surface area contributed by atoms with Crippen LogP contribution in [0.1, 0.15) is 20.8 Å². The molecule has 0 saturated carbocycles. The lowest BCUT2D eigenvalue weighted by Crippen LogP contribution is -2.29. The van der Waals surface area contributed by atoms with Gasteiger partial charge in [0.05, 0.1) is 6.20 Å². The van der Waals surface area contributed by atoms with Crippen molar-refractivity contribution in [1.82, 2.24) is 9.97 Å². The van der Waals surface area contributed by atoms with Gasteiger partial charge in [-0.3, -0.25) is 0 Å². The van der Waals surface area contributed by atoms with Crippen molar-refractivity contribution in [3.05, 3.63) is 12.0 Å². The van der Waals surface area contributed by atoms with Crippen molar-refractivity contribution >= 4 is 11.8 Å². The van der Waals surface area contributed by atoms with Crippen molar-refractivity contribution in [2.24, 2.45) is 5.92 Å². The third-order valence-electron chi connectivity index (χ3n) is 2.22. The number of hydrogen-bond donors (Lipinski definition) is 1. The average molecular weight is 226 g/mol. The maximum Gasteiger partial charge on any atom is 0.224 e. The molecule has 0 bridgehead atoms. The molecular formula is C11H19FN4. The molecule has 0 saturated heterocycles. The molecule has 0 aliphatic rings. The summed E-state index contributed by atoms with van der Waals surface area (Å²) in [5.74, 6) is 0.906. The number of hydrogen-bond acceptors (Lipinski definition) is 4. The molecule has 0 atom stereocenters. The van der Waals surface area contributed by atoms with Crippen molar-refractivity contribution < 1.29 is 4.39 Å². The lowest BCUT2D eigenvalue weighted by molar-refractivity contribution is 0.574. The minimum Gasteiger partial charge on any atom is -0.357 e. The van der Waals surface area contributed by atoms with Crippen LogP contribution in [0.3, 0.4) is 0 Å². The molecule has 1 rings (SSSR count). The Labute approximate surface area is 95.9 Å². The largest absolute Gasteiger partial charge is 0.357 e. The summed E-state index contributed by atoms with van der Waals surface area (Å²) in [6.45, 7) is 7.70. The Hall–Kier alpha value is -1.39. The predicted molar refractivity (Wildman–Crippen MR) is 64.3 cm³/mol. The van der Waals surface area contributed by atoms with Gasteiger partial charge in [0.25, 0.3) is 0 Å². The lowest BCUT2D eigenvalue weighted by atomic mass is 10.2. The summed E-state index contributed by atoms with van der Waals surface area (Å²) in [5, 5.41) is 2.81. The predicted octanol–water partition coefficient (Wildman–Crippen LogP) is 2.14. The number of halogens is 1. The van der Waals surface area contributed by atoms with E-state index >= 15 is 0 Å². The van der Waals surface area contributed by atoms with Crippen molar-refractivity contribution in [1.29, 1.82) is 0 Å². The Morgan fingerprint density at radius 1 is 1.50 bits per heavy atom.